The van der Waals surface area contributed by atoms with Gasteiger partial charge in [0.15, 0.2) is 0 Å². The van der Waals surface area contributed by atoms with Crippen molar-refractivity contribution in [3.8, 4) is 0 Å². The zero-order chi connectivity index (χ0) is 12.8. The number of nitrogens with one attached hydrogen (secondary N) is 1. The summed E-state index contributed by atoms with van der Waals surface area (Å²) in [4.78, 5) is 11.7. The van der Waals surface area contributed by atoms with E-state index in [-0.39, 0.29) is 11.3 Å². The van der Waals surface area contributed by atoms with Crippen molar-refractivity contribution in [2.45, 2.75) is 5.38 Å². The highest BCUT2D eigenvalue weighted by atomic mass is 79.9. The normalized spacial score (nSPS) is 12.2. The van der Waals surface area contributed by atoms with Crippen LogP contribution < -0.4 is 5.32 Å². The summed E-state index contributed by atoms with van der Waals surface area (Å²) in [5.41, 5.74) is 0.500. The summed E-state index contributed by atoms with van der Waals surface area (Å²) in [5.74, 6) is -0.207. The smallest absolute Gasteiger partial charge is 0.251 e. The first-order valence-corrected chi connectivity index (χ1v) is 6.51. The Morgan fingerprint density at radius 2 is 2.29 bits per heavy atom. The first kappa shape index (κ1) is 14.8. The lowest BCUT2D eigenvalue weighted by Crippen LogP contribution is -2.31. The Kier molecular flexibility index (Phi) is 6.27. The first-order chi connectivity index (χ1) is 8.04. The van der Waals surface area contributed by atoms with Crippen LogP contribution in [0.5, 0.6) is 0 Å². The molecule has 1 atom stereocenters. The van der Waals surface area contributed by atoms with Gasteiger partial charge in [0.1, 0.15) is 0 Å². The molecule has 1 aromatic rings. The Labute approximate surface area is 119 Å². The van der Waals surface area contributed by atoms with Gasteiger partial charge in [-0.3, -0.25) is 4.79 Å². The van der Waals surface area contributed by atoms with Gasteiger partial charge in [0.05, 0.1) is 17.0 Å². The lowest BCUT2D eigenvalue weighted by atomic mass is 10.2. The average Bonchev–Trinajstić information content (AvgIpc) is 2.30. The van der Waals surface area contributed by atoms with E-state index in [0.29, 0.717) is 23.7 Å². The van der Waals surface area contributed by atoms with Gasteiger partial charge < -0.3 is 10.1 Å². The highest BCUT2D eigenvalue weighted by molar-refractivity contribution is 9.10. The number of rotatable bonds is 5. The maximum absolute atomic E-state index is 11.7. The van der Waals surface area contributed by atoms with Crippen molar-refractivity contribution in [2.75, 3.05) is 20.3 Å². The Morgan fingerprint density at radius 3 is 2.88 bits per heavy atom. The minimum absolute atomic E-state index is 0.207. The summed E-state index contributed by atoms with van der Waals surface area (Å²) >= 11 is 15.1. The van der Waals surface area contributed by atoms with Crippen LogP contribution in [0.2, 0.25) is 5.02 Å². The molecule has 1 amide bonds. The minimum atomic E-state index is -0.241. The number of hydrogen-bond donors (Lipinski definition) is 1. The van der Waals surface area contributed by atoms with Crippen molar-refractivity contribution >= 4 is 45.0 Å². The predicted molar refractivity (Wildman–Crippen MR) is 73.0 cm³/mol. The van der Waals surface area contributed by atoms with Crippen LogP contribution in [0.25, 0.3) is 0 Å². The average molecular weight is 341 g/mol. The van der Waals surface area contributed by atoms with Crippen LogP contribution in [0.1, 0.15) is 10.4 Å². The maximum Gasteiger partial charge on any atom is 0.251 e. The molecule has 1 aromatic carbocycles. The molecule has 1 N–H and O–H groups in total. The van der Waals surface area contributed by atoms with Crippen molar-refractivity contribution in [3.05, 3.63) is 33.3 Å². The van der Waals surface area contributed by atoms with Gasteiger partial charge in [-0.05, 0) is 34.1 Å². The molecule has 0 aliphatic carbocycles. The highest BCUT2D eigenvalue weighted by Gasteiger charge is 2.10. The summed E-state index contributed by atoms with van der Waals surface area (Å²) in [6.45, 7) is 0.741. The van der Waals surface area contributed by atoms with Gasteiger partial charge in [0.25, 0.3) is 5.91 Å². The van der Waals surface area contributed by atoms with Crippen LogP contribution in [-0.2, 0) is 4.74 Å². The molecule has 3 nitrogen and oxygen atoms in total. The molecule has 0 radical (unpaired) electrons. The van der Waals surface area contributed by atoms with Crippen molar-refractivity contribution in [1.29, 1.82) is 0 Å². The summed E-state index contributed by atoms with van der Waals surface area (Å²) in [6, 6.07) is 5.01. The van der Waals surface area contributed by atoms with Crippen molar-refractivity contribution in [1.82, 2.24) is 5.32 Å². The van der Waals surface area contributed by atoms with E-state index in [2.05, 4.69) is 21.2 Å². The summed E-state index contributed by atoms with van der Waals surface area (Å²) < 4.78 is 5.62. The maximum atomic E-state index is 11.7. The van der Waals surface area contributed by atoms with E-state index >= 15 is 0 Å². The second-order valence-electron chi connectivity index (χ2n) is 3.39. The number of amides is 1. The molecule has 17 heavy (non-hydrogen) atoms. The van der Waals surface area contributed by atoms with Crippen LogP contribution in [-0.4, -0.2) is 31.5 Å². The number of hydrogen-bond acceptors (Lipinski definition) is 2. The predicted octanol–water partition coefficient (Wildman–Crippen LogP) is 3.09. The van der Waals surface area contributed by atoms with Crippen molar-refractivity contribution in [3.63, 3.8) is 0 Å². The van der Waals surface area contributed by atoms with Crippen LogP contribution in [0, 0.1) is 0 Å². The fourth-order valence-corrected chi connectivity index (χ4v) is 1.81. The number of ether oxygens (including phenoxy) is 1. The summed E-state index contributed by atoms with van der Waals surface area (Å²) in [5, 5.41) is 2.96. The summed E-state index contributed by atoms with van der Waals surface area (Å²) in [7, 11) is 1.56. The van der Waals surface area contributed by atoms with E-state index in [0.717, 1.165) is 4.47 Å². The van der Waals surface area contributed by atoms with Crippen LogP contribution in [0.4, 0.5) is 0 Å². The molecular formula is C11H12BrCl2NO2. The second-order valence-corrected chi connectivity index (χ2v) is 5.27. The zero-order valence-corrected chi connectivity index (χ0v) is 12.3. The van der Waals surface area contributed by atoms with E-state index in [1.54, 1.807) is 25.3 Å². The van der Waals surface area contributed by atoms with Gasteiger partial charge in [0.2, 0.25) is 0 Å². The SMILES string of the molecule is COCC(Cl)CNC(=O)c1ccc(Br)c(Cl)c1. The monoisotopic (exact) mass is 339 g/mol. The molecule has 0 bridgehead atoms. The standard InChI is InChI=1S/C11H12BrCl2NO2/c1-17-6-8(13)5-15-11(16)7-2-3-9(12)10(14)4-7/h2-4,8H,5-6H2,1H3,(H,15,16). The van der Waals surface area contributed by atoms with Crippen LogP contribution in [0.3, 0.4) is 0 Å². The van der Waals surface area contributed by atoms with E-state index < -0.39 is 0 Å². The molecule has 0 aromatic heterocycles. The van der Waals surface area contributed by atoms with Crippen LogP contribution >= 0.6 is 39.1 Å². The third kappa shape index (κ3) is 4.84. The van der Waals surface area contributed by atoms with Gasteiger partial charge in [-0.25, -0.2) is 0 Å². The molecular weight excluding hydrogens is 329 g/mol. The first-order valence-electron chi connectivity index (χ1n) is 4.91. The topological polar surface area (TPSA) is 38.3 Å². The van der Waals surface area contributed by atoms with Crippen molar-refractivity contribution < 1.29 is 9.53 Å². The Bertz CT molecular complexity index is 401. The molecule has 0 fully saturated rings. The Morgan fingerprint density at radius 1 is 1.59 bits per heavy atom. The van der Waals surface area contributed by atoms with Gasteiger partial charge in [-0.2, -0.15) is 0 Å². The quantitative estimate of drug-likeness (QED) is 0.836. The number of carbonyl (C=O) groups is 1. The molecule has 0 heterocycles. The largest absolute Gasteiger partial charge is 0.383 e. The van der Waals surface area contributed by atoms with Crippen molar-refractivity contribution in [2.24, 2.45) is 0 Å². The molecule has 0 aliphatic heterocycles. The lowest BCUT2D eigenvalue weighted by Gasteiger charge is -2.10. The van der Waals surface area contributed by atoms with Gasteiger partial charge in [0, 0.05) is 23.7 Å². The fourth-order valence-electron chi connectivity index (χ4n) is 1.18. The Hall–Kier alpha value is -0.290. The van der Waals surface area contributed by atoms with Gasteiger partial charge in [-0.1, -0.05) is 11.6 Å². The molecule has 0 saturated carbocycles. The number of benzene rings is 1. The molecule has 94 valence electrons. The van der Waals surface area contributed by atoms with E-state index in [1.165, 1.54) is 0 Å². The Balaban J connectivity index is 2.55. The van der Waals surface area contributed by atoms with Gasteiger partial charge >= 0.3 is 0 Å². The molecule has 0 aliphatic rings. The minimum Gasteiger partial charge on any atom is -0.383 e. The van der Waals surface area contributed by atoms with E-state index in [1.807, 2.05) is 0 Å². The van der Waals surface area contributed by atoms with Crippen LogP contribution in [0.15, 0.2) is 22.7 Å². The fraction of sp³-hybridized carbons (Fsp3) is 0.364. The third-order valence-electron chi connectivity index (χ3n) is 2.01. The highest BCUT2D eigenvalue weighted by Crippen LogP contribution is 2.23. The molecule has 0 saturated heterocycles. The van der Waals surface area contributed by atoms with E-state index in [9.17, 15) is 4.79 Å². The zero-order valence-electron chi connectivity index (χ0n) is 9.17. The molecule has 6 heteroatoms. The van der Waals surface area contributed by atoms with Gasteiger partial charge in [-0.15, -0.1) is 11.6 Å². The molecule has 0 spiro atoms. The molecule has 1 unspecified atom stereocenters. The van der Waals surface area contributed by atoms with E-state index in [4.69, 9.17) is 27.9 Å². The summed E-state index contributed by atoms with van der Waals surface area (Å²) in [6.07, 6.45) is 0. The number of alkyl halides is 1. The second kappa shape index (κ2) is 7.21. The number of halogens is 3. The number of methoxy groups -OCH3 is 1. The third-order valence-corrected chi connectivity index (χ3v) is 3.53. The lowest BCUT2D eigenvalue weighted by molar-refractivity contribution is 0.0949. The molecule has 1 rings (SSSR count). The number of carbonyl (C=O) groups excluding carboxylic acids is 1.